The van der Waals surface area contributed by atoms with Gasteiger partial charge in [0.15, 0.2) is 0 Å². The molecule has 0 fully saturated rings. The Morgan fingerprint density at radius 3 is 2.50 bits per heavy atom. The average molecular weight is 516 g/mol. The molecule has 28 heavy (non-hydrogen) atoms. The van der Waals surface area contributed by atoms with E-state index >= 15 is 0 Å². The summed E-state index contributed by atoms with van der Waals surface area (Å²) in [6, 6.07) is 6.29. The first-order chi connectivity index (χ1) is 13.3. The Kier molecular flexibility index (Phi) is 9.02. The minimum Gasteiger partial charge on any atom is -0.361 e. The normalized spacial score (nSPS) is 12.4. The van der Waals surface area contributed by atoms with Gasteiger partial charge in [0.05, 0.1) is 5.75 Å². The Hall–Kier alpha value is -0.860. The fraction of sp³-hybridized carbons (Fsp3) is 0.545. The van der Waals surface area contributed by atoms with Crippen molar-refractivity contribution in [1.29, 1.82) is 0 Å². The molecule has 0 aliphatic heterocycles. The fourth-order valence-corrected chi connectivity index (χ4v) is 6.20. The maximum Gasteiger partial charge on any atom is 0.214 e. The van der Waals surface area contributed by atoms with Crippen LogP contribution in [-0.2, 0) is 10.0 Å². The smallest absolute Gasteiger partial charge is 0.214 e. The van der Waals surface area contributed by atoms with Crippen molar-refractivity contribution in [3.63, 3.8) is 0 Å². The van der Waals surface area contributed by atoms with E-state index in [-0.39, 0.29) is 11.7 Å². The van der Waals surface area contributed by atoms with Gasteiger partial charge in [-0.05, 0) is 65.5 Å². The molecule has 6 heteroatoms. The van der Waals surface area contributed by atoms with E-state index in [1.165, 1.54) is 3.57 Å². The molecule has 1 aromatic heterocycles. The molecular weight excluding hydrogens is 483 g/mol. The molecule has 2 aromatic rings. The average Bonchev–Trinajstić information content (AvgIpc) is 3.05. The lowest BCUT2D eigenvalue weighted by Crippen LogP contribution is -2.36. The predicted octanol–water partition coefficient (Wildman–Crippen LogP) is 6.04. The molecule has 0 bridgehead atoms. The van der Waals surface area contributed by atoms with Gasteiger partial charge in [0.2, 0.25) is 10.0 Å². The van der Waals surface area contributed by atoms with Crippen LogP contribution in [-0.4, -0.2) is 36.5 Å². The van der Waals surface area contributed by atoms with Crippen LogP contribution in [0.25, 0.3) is 16.5 Å². The molecule has 0 unspecified atom stereocenters. The second-order valence-corrected chi connectivity index (χ2v) is 10.7. The Bertz CT molecular complexity index is 883. The minimum absolute atomic E-state index is 0.258. The third kappa shape index (κ3) is 6.07. The van der Waals surface area contributed by atoms with E-state index < -0.39 is 10.0 Å². The van der Waals surface area contributed by atoms with Gasteiger partial charge in [-0.25, -0.2) is 12.7 Å². The summed E-state index contributed by atoms with van der Waals surface area (Å²) >= 11 is 2.30. The summed E-state index contributed by atoms with van der Waals surface area (Å²) in [5.74, 6) is 0.522. The van der Waals surface area contributed by atoms with Gasteiger partial charge in [0, 0.05) is 39.3 Å². The molecule has 4 nitrogen and oxygen atoms in total. The molecule has 156 valence electrons. The zero-order valence-corrected chi connectivity index (χ0v) is 20.3. The van der Waals surface area contributed by atoms with Gasteiger partial charge in [-0.1, -0.05) is 46.3 Å². The van der Waals surface area contributed by atoms with Gasteiger partial charge < -0.3 is 4.98 Å². The first-order valence-electron chi connectivity index (χ1n) is 10.2. The first kappa shape index (κ1) is 23.4. The molecule has 0 spiro atoms. The second kappa shape index (κ2) is 10.8. The molecule has 0 radical (unpaired) electrons. The zero-order valence-electron chi connectivity index (χ0n) is 17.3. The van der Waals surface area contributed by atoms with Gasteiger partial charge in [0.1, 0.15) is 0 Å². The molecule has 0 amide bonds. The molecule has 0 aliphatic carbocycles. The van der Waals surface area contributed by atoms with Gasteiger partial charge in [-0.3, -0.25) is 0 Å². The second-order valence-electron chi connectivity index (χ2n) is 7.46. The molecular formula is C22H33IN2O2S. The first-order valence-corrected chi connectivity index (χ1v) is 12.9. The standard InChI is InChI=1S/C22H33IN2O2S/c1-5-8-18(9-6-2)16-28(26,27)25(7-3)13-12-17(4)21-15-24-22-14-19(23)10-11-20(21)22/h10-11,14-15,18,24H,4-9,12-13,16H2,1-3H3. The van der Waals surface area contributed by atoms with Crippen LogP contribution in [0.3, 0.4) is 0 Å². The van der Waals surface area contributed by atoms with E-state index in [4.69, 9.17) is 0 Å². The van der Waals surface area contributed by atoms with Crippen LogP contribution in [0.15, 0.2) is 31.0 Å². The maximum atomic E-state index is 13.0. The largest absolute Gasteiger partial charge is 0.361 e. The number of rotatable bonds is 12. The Morgan fingerprint density at radius 1 is 1.21 bits per heavy atom. The fourth-order valence-electron chi connectivity index (χ4n) is 3.81. The van der Waals surface area contributed by atoms with Crippen LogP contribution in [0.2, 0.25) is 0 Å². The van der Waals surface area contributed by atoms with E-state index in [1.54, 1.807) is 4.31 Å². The molecule has 2 rings (SSSR count). The number of nitrogens with one attached hydrogen (secondary N) is 1. The summed E-state index contributed by atoms with van der Waals surface area (Å²) in [5, 5.41) is 1.14. The van der Waals surface area contributed by atoms with Gasteiger partial charge in [0.25, 0.3) is 0 Å². The van der Waals surface area contributed by atoms with Gasteiger partial charge in [-0.2, -0.15) is 0 Å². The number of H-pyrrole nitrogens is 1. The van der Waals surface area contributed by atoms with E-state index in [9.17, 15) is 8.42 Å². The minimum atomic E-state index is -3.25. The molecule has 0 aliphatic rings. The van der Waals surface area contributed by atoms with Crippen molar-refractivity contribution >= 4 is 49.1 Å². The monoisotopic (exact) mass is 516 g/mol. The quantitative estimate of drug-likeness (QED) is 0.350. The van der Waals surface area contributed by atoms with Crippen LogP contribution < -0.4 is 0 Å². The maximum absolute atomic E-state index is 13.0. The van der Waals surface area contributed by atoms with Crippen molar-refractivity contribution in [3.8, 4) is 0 Å². The number of halogens is 1. The summed E-state index contributed by atoms with van der Waals surface area (Å²) < 4.78 is 28.7. The van der Waals surface area contributed by atoms with Crippen LogP contribution >= 0.6 is 22.6 Å². The Morgan fingerprint density at radius 2 is 1.89 bits per heavy atom. The molecule has 1 aromatic carbocycles. The third-order valence-corrected chi connectivity index (χ3v) is 8.07. The van der Waals surface area contributed by atoms with Crippen LogP contribution in [0.4, 0.5) is 0 Å². The van der Waals surface area contributed by atoms with Crippen molar-refractivity contribution in [3.05, 3.63) is 40.1 Å². The number of aromatic amines is 1. The van der Waals surface area contributed by atoms with Gasteiger partial charge >= 0.3 is 0 Å². The highest BCUT2D eigenvalue weighted by atomic mass is 127. The summed E-state index contributed by atoms with van der Waals surface area (Å²) in [6.07, 6.45) is 6.63. The van der Waals surface area contributed by atoms with E-state index in [0.717, 1.165) is 47.7 Å². The van der Waals surface area contributed by atoms with Gasteiger partial charge in [-0.15, -0.1) is 0 Å². The number of aromatic nitrogens is 1. The third-order valence-electron chi connectivity index (χ3n) is 5.27. The van der Waals surface area contributed by atoms with Crippen LogP contribution in [0.5, 0.6) is 0 Å². The van der Waals surface area contributed by atoms with E-state index in [1.807, 2.05) is 13.1 Å². The zero-order chi connectivity index (χ0) is 20.7. The summed E-state index contributed by atoms with van der Waals surface area (Å²) in [6.45, 7) is 11.4. The highest BCUT2D eigenvalue weighted by Crippen LogP contribution is 2.28. The number of hydrogen-bond donors (Lipinski definition) is 1. The van der Waals surface area contributed by atoms with Crippen molar-refractivity contribution in [2.75, 3.05) is 18.8 Å². The molecule has 0 saturated heterocycles. The van der Waals surface area contributed by atoms with E-state index in [2.05, 4.69) is 66.2 Å². The topological polar surface area (TPSA) is 53.2 Å². The highest BCUT2D eigenvalue weighted by Gasteiger charge is 2.24. The Labute approximate surface area is 184 Å². The van der Waals surface area contributed by atoms with E-state index in [0.29, 0.717) is 19.5 Å². The van der Waals surface area contributed by atoms with Crippen LogP contribution in [0, 0.1) is 9.49 Å². The highest BCUT2D eigenvalue weighted by molar-refractivity contribution is 14.1. The van der Waals surface area contributed by atoms with Crippen LogP contribution in [0.1, 0.15) is 58.4 Å². The Balaban J connectivity index is 2.06. The predicted molar refractivity (Wildman–Crippen MR) is 129 cm³/mol. The van der Waals surface area contributed by atoms with Crippen molar-refractivity contribution in [2.24, 2.45) is 5.92 Å². The molecule has 0 atom stereocenters. The number of sulfonamides is 1. The lowest BCUT2D eigenvalue weighted by Gasteiger charge is -2.24. The number of hydrogen-bond acceptors (Lipinski definition) is 2. The van der Waals surface area contributed by atoms with Crippen molar-refractivity contribution < 1.29 is 8.42 Å². The summed E-state index contributed by atoms with van der Waals surface area (Å²) in [5.41, 5.74) is 3.14. The molecule has 1 heterocycles. The molecule has 0 saturated carbocycles. The number of benzene rings is 1. The number of nitrogens with zero attached hydrogens (tertiary/aromatic N) is 1. The lowest BCUT2D eigenvalue weighted by molar-refractivity contribution is 0.413. The van der Waals surface area contributed by atoms with Crippen molar-refractivity contribution in [2.45, 2.75) is 52.9 Å². The summed E-state index contributed by atoms with van der Waals surface area (Å²) in [4.78, 5) is 3.30. The van der Waals surface area contributed by atoms with Crippen molar-refractivity contribution in [1.82, 2.24) is 9.29 Å². The number of fused-ring (bicyclic) bond motifs is 1. The SMILES string of the molecule is C=C(CCN(CC)S(=O)(=O)CC(CCC)CCC)c1c[nH]c2cc(I)ccc12. The lowest BCUT2D eigenvalue weighted by atomic mass is 10.0. The summed E-state index contributed by atoms with van der Waals surface area (Å²) in [7, 11) is -3.25. The molecule has 1 N–H and O–H groups in total.